The number of hydrogen-bond donors (Lipinski definition) is 3. The zero-order valence-corrected chi connectivity index (χ0v) is 16.6. The summed E-state index contributed by atoms with van der Waals surface area (Å²) in [7, 11) is -2.16. The molecule has 0 radical (unpaired) electrons. The summed E-state index contributed by atoms with van der Waals surface area (Å²) in [5.41, 5.74) is 0.446. The fourth-order valence-electron chi connectivity index (χ4n) is 3.18. The van der Waals surface area contributed by atoms with Gasteiger partial charge in [-0.2, -0.15) is 0 Å². The summed E-state index contributed by atoms with van der Waals surface area (Å²) in [5.74, 6) is 0.884. The number of likely N-dealkylation sites (tertiary alicyclic amines) is 1. The molecule has 1 heterocycles. The van der Waals surface area contributed by atoms with E-state index < -0.39 is 10.0 Å². The van der Waals surface area contributed by atoms with E-state index in [0.29, 0.717) is 18.0 Å². The van der Waals surface area contributed by atoms with Crippen molar-refractivity contribution in [3.63, 3.8) is 0 Å². The topological polar surface area (TPSA) is 88.9 Å². The molecule has 1 fully saturated rings. The van der Waals surface area contributed by atoms with Crippen LogP contribution in [0.4, 0.5) is 5.69 Å². The Morgan fingerprint density at radius 1 is 1.31 bits per heavy atom. The maximum atomic E-state index is 12.5. The number of piperidine rings is 1. The number of nitrogens with one attached hydrogen (secondary N) is 3. The molecule has 0 spiro atoms. The van der Waals surface area contributed by atoms with Gasteiger partial charge in [0.1, 0.15) is 5.75 Å². The summed E-state index contributed by atoms with van der Waals surface area (Å²) >= 11 is 0. The van der Waals surface area contributed by atoms with Crippen LogP contribution in [0, 0.1) is 5.92 Å². The molecule has 0 aromatic heterocycles. The highest BCUT2D eigenvalue weighted by molar-refractivity contribution is 7.89. The number of quaternary nitrogens is 1. The minimum absolute atomic E-state index is 0.127. The fourth-order valence-corrected chi connectivity index (χ4v) is 4.27. The van der Waals surface area contributed by atoms with Crippen LogP contribution in [0.2, 0.25) is 0 Å². The molecule has 1 aromatic carbocycles. The SMILES string of the molecule is COc1cc(S(=O)(=O)NCCC[NH+]2CCC(C)CC2)ccc1NC(C)=O. The summed E-state index contributed by atoms with van der Waals surface area (Å²) in [6, 6.07) is 4.42. The van der Waals surface area contributed by atoms with E-state index in [9.17, 15) is 13.2 Å². The van der Waals surface area contributed by atoms with Crippen LogP contribution in [0.15, 0.2) is 23.1 Å². The van der Waals surface area contributed by atoms with E-state index >= 15 is 0 Å². The van der Waals surface area contributed by atoms with E-state index in [1.807, 2.05) is 0 Å². The summed E-state index contributed by atoms with van der Waals surface area (Å²) in [4.78, 5) is 12.9. The molecule has 1 aromatic rings. The lowest BCUT2D eigenvalue weighted by Crippen LogP contribution is -3.13. The third-order valence-corrected chi connectivity index (χ3v) is 6.23. The first-order valence-corrected chi connectivity index (χ1v) is 10.6. The van der Waals surface area contributed by atoms with Crippen LogP contribution in [0.1, 0.15) is 33.1 Å². The van der Waals surface area contributed by atoms with Gasteiger partial charge in [0.15, 0.2) is 0 Å². The van der Waals surface area contributed by atoms with Crippen molar-refractivity contribution in [1.82, 2.24) is 4.72 Å². The summed E-state index contributed by atoms with van der Waals surface area (Å²) in [6.45, 7) is 7.43. The average molecular weight is 385 g/mol. The lowest BCUT2D eigenvalue weighted by Gasteiger charge is -2.27. The molecule has 3 N–H and O–H groups in total. The molecule has 1 amide bonds. The molecule has 26 heavy (non-hydrogen) atoms. The number of ether oxygens (including phenoxy) is 1. The average Bonchev–Trinajstić information content (AvgIpc) is 2.60. The van der Waals surface area contributed by atoms with E-state index in [4.69, 9.17) is 4.74 Å². The first-order valence-electron chi connectivity index (χ1n) is 9.10. The zero-order valence-electron chi connectivity index (χ0n) is 15.8. The van der Waals surface area contributed by atoms with Gasteiger partial charge in [-0.3, -0.25) is 4.79 Å². The maximum absolute atomic E-state index is 12.5. The molecule has 1 saturated heterocycles. The smallest absolute Gasteiger partial charge is 0.240 e. The molecule has 0 saturated carbocycles. The first-order chi connectivity index (χ1) is 12.3. The molecule has 0 unspecified atom stereocenters. The zero-order chi connectivity index (χ0) is 19.2. The van der Waals surface area contributed by atoms with Gasteiger partial charge in [-0.05, 0) is 30.9 Å². The van der Waals surface area contributed by atoms with Crippen LogP contribution in [-0.4, -0.2) is 47.6 Å². The monoisotopic (exact) mass is 384 g/mol. The third kappa shape index (κ3) is 5.96. The van der Waals surface area contributed by atoms with Gasteiger partial charge in [0.05, 0.1) is 37.3 Å². The van der Waals surface area contributed by atoms with Crippen molar-refractivity contribution < 1.29 is 22.8 Å². The van der Waals surface area contributed by atoms with Gasteiger partial charge in [0.2, 0.25) is 15.9 Å². The molecule has 8 heteroatoms. The van der Waals surface area contributed by atoms with Crippen molar-refractivity contribution in [2.24, 2.45) is 5.92 Å². The third-order valence-electron chi connectivity index (χ3n) is 4.77. The van der Waals surface area contributed by atoms with E-state index in [-0.39, 0.29) is 10.8 Å². The molecule has 146 valence electrons. The predicted octanol–water partition coefficient (Wildman–Crippen LogP) is 0.637. The van der Waals surface area contributed by atoms with E-state index in [1.54, 1.807) is 4.90 Å². The highest BCUT2D eigenvalue weighted by Crippen LogP contribution is 2.27. The number of amides is 1. The van der Waals surface area contributed by atoms with Crippen molar-refractivity contribution in [3.05, 3.63) is 18.2 Å². The normalized spacial score (nSPS) is 20.6. The van der Waals surface area contributed by atoms with Crippen LogP contribution in [0.25, 0.3) is 0 Å². The molecule has 7 nitrogen and oxygen atoms in total. The Hall–Kier alpha value is -1.64. The molecule has 0 atom stereocenters. The molecule has 0 aliphatic carbocycles. The quantitative estimate of drug-likeness (QED) is 0.574. The fraction of sp³-hybridized carbons (Fsp3) is 0.611. The largest absolute Gasteiger partial charge is 0.495 e. The van der Waals surface area contributed by atoms with Crippen molar-refractivity contribution in [2.75, 3.05) is 38.6 Å². The van der Waals surface area contributed by atoms with Gasteiger partial charge < -0.3 is 15.0 Å². The lowest BCUT2D eigenvalue weighted by atomic mass is 9.99. The van der Waals surface area contributed by atoms with Crippen LogP contribution in [-0.2, 0) is 14.8 Å². The van der Waals surface area contributed by atoms with Gasteiger partial charge in [-0.1, -0.05) is 6.92 Å². The highest BCUT2D eigenvalue weighted by Gasteiger charge is 2.20. The number of methoxy groups -OCH3 is 1. The van der Waals surface area contributed by atoms with Crippen molar-refractivity contribution in [3.8, 4) is 5.75 Å². The Morgan fingerprint density at radius 2 is 2.00 bits per heavy atom. The number of benzene rings is 1. The molecule has 2 rings (SSSR count). The van der Waals surface area contributed by atoms with Crippen LogP contribution < -0.4 is 19.7 Å². The number of anilines is 1. The number of carbonyl (C=O) groups is 1. The van der Waals surface area contributed by atoms with Crippen molar-refractivity contribution in [1.29, 1.82) is 0 Å². The van der Waals surface area contributed by atoms with E-state index in [1.165, 1.54) is 58.2 Å². The van der Waals surface area contributed by atoms with Crippen LogP contribution in [0.5, 0.6) is 5.75 Å². The number of carbonyl (C=O) groups excluding carboxylic acids is 1. The standard InChI is InChI=1S/C18H29N3O4S/c1-14-7-11-21(12-8-14)10-4-9-19-26(23,24)16-5-6-17(20-15(2)22)18(13-16)25-3/h5-6,13-14,19H,4,7-12H2,1-3H3,(H,20,22)/p+1. The lowest BCUT2D eigenvalue weighted by molar-refractivity contribution is -0.906. The van der Waals surface area contributed by atoms with Gasteiger partial charge in [-0.15, -0.1) is 0 Å². The minimum Gasteiger partial charge on any atom is -0.495 e. The number of sulfonamides is 1. The van der Waals surface area contributed by atoms with E-state index in [2.05, 4.69) is 17.0 Å². The second-order valence-corrected chi connectivity index (χ2v) is 8.74. The molecule has 1 aliphatic heterocycles. The number of hydrogen-bond acceptors (Lipinski definition) is 4. The Balaban J connectivity index is 1.89. The predicted molar refractivity (Wildman–Crippen MR) is 101 cm³/mol. The Bertz CT molecular complexity index is 713. The maximum Gasteiger partial charge on any atom is 0.240 e. The van der Waals surface area contributed by atoms with E-state index in [0.717, 1.165) is 18.9 Å². The number of rotatable bonds is 8. The Kier molecular flexibility index (Phi) is 7.43. The Labute approximate surface area is 156 Å². The Morgan fingerprint density at radius 3 is 2.62 bits per heavy atom. The minimum atomic E-state index is -3.60. The first kappa shape index (κ1) is 20.7. The van der Waals surface area contributed by atoms with Crippen LogP contribution >= 0.6 is 0 Å². The summed E-state index contributed by atoms with van der Waals surface area (Å²) in [6.07, 6.45) is 3.31. The molecule has 1 aliphatic rings. The molecular formula is C18H30N3O4S+. The van der Waals surface area contributed by atoms with Gasteiger partial charge in [-0.25, -0.2) is 13.1 Å². The van der Waals surface area contributed by atoms with Crippen LogP contribution in [0.3, 0.4) is 0 Å². The highest BCUT2D eigenvalue weighted by atomic mass is 32.2. The summed E-state index contributed by atoms with van der Waals surface area (Å²) < 4.78 is 32.8. The second kappa shape index (κ2) is 9.34. The van der Waals surface area contributed by atoms with Gasteiger partial charge >= 0.3 is 0 Å². The van der Waals surface area contributed by atoms with Crippen molar-refractivity contribution >= 4 is 21.6 Å². The second-order valence-electron chi connectivity index (χ2n) is 6.98. The van der Waals surface area contributed by atoms with Crippen molar-refractivity contribution in [2.45, 2.75) is 38.0 Å². The van der Waals surface area contributed by atoms with Gasteiger partial charge in [0, 0.05) is 26.0 Å². The summed E-state index contributed by atoms with van der Waals surface area (Å²) in [5, 5.41) is 2.61. The van der Waals surface area contributed by atoms with Gasteiger partial charge in [0.25, 0.3) is 0 Å². The molecule has 0 bridgehead atoms. The molecular weight excluding hydrogens is 354 g/mol.